The summed E-state index contributed by atoms with van der Waals surface area (Å²) in [6.07, 6.45) is 0. The number of nitrogen functional groups attached to an aromatic ring is 1. The van der Waals surface area contributed by atoms with E-state index in [9.17, 15) is 0 Å². The minimum Gasteiger partial charge on any atom is -0.368 e. The summed E-state index contributed by atoms with van der Waals surface area (Å²) in [6, 6.07) is 11.8. The van der Waals surface area contributed by atoms with E-state index in [0.29, 0.717) is 5.95 Å². The van der Waals surface area contributed by atoms with Gasteiger partial charge in [-0.15, -0.1) is 0 Å². The number of aryl methyl sites for hydroxylation is 1. The van der Waals surface area contributed by atoms with Gasteiger partial charge in [0.1, 0.15) is 0 Å². The Labute approximate surface area is 96.4 Å². The van der Waals surface area contributed by atoms with Gasteiger partial charge in [0.15, 0.2) is 0 Å². The number of nitrogens with two attached hydrogens (primary N) is 1. The Kier molecular flexibility index (Phi) is 4.45. The Morgan fingerprint density at radius 3 is 2.19 bits per heavy atom. The fraction of sp³-hybridized carbons (Fsp3) is 0.231. The molecule has 0 amide bonds. The van der Waals surface area contributed by atoms with Crippen LogP contribution in [0.15, 0.2) is 36.4 Å². The van der Waals surface area contributed by atoms with Gasteiger partial charge in [-0.25, -0.2) is 9.97 Å². The number of hydrogen-bond donors (Lipinski definition) is 1. The number of anilines is 1. The third-order valence-electron chi connectivity index (χ3n) is 1.94. The molecule has 2 aromatic rings. The van der Waals surface area contributed by atoms with Gasteiger partial charge < -0.3 is 5.73 Å². The lowest BCUT2D eigenvalue weighted by Gasteiger charge is -2.02. The van der Waals surface area contributed by atoms with Crippen LogP contribution >= 0.6 is 0 Å². The molecule has 84 valence electrons. The number of benzene rings is 1. The van der Waals surface area contributed by atoms with E-state index >= 15 is 0 Å². The second-order valence-electron chi connectivity index (χ2n) is 3.12. The van der Waals surface area contributed by atoms with Crippen LogP contribution in [0.3, 0.4) is 0 Å². The van der Waals surface area contributed by atoms with Gasteiger partial charge in [0, 0.05) is 11.3 Å². The lowest BCUT2D eigenvalue weighted by atomic mass is 10.1. The highest BCUT2D eigenvalue weighted by atomic mass is 15.0. The first-order valence-corrected chi connectivity index (χ1v) is 5.42. The van der Waals surface area contributed by atoms with Crippen molar-refractivity contribution in [1.82, 2.24) is 9.97 Å². The largest absolute Gasteiger partial charge is 0.368 e. The van der Waals surface area contributed by atoms with Gasteiger partial charge in [0.05, 0.1) is 5.69 Å². The molecule has 0 fully saturated rings. The maximum atomic E-state index is 5.57. The van der Waals surface area contributed by atoms with Crippen LogP contribution in [-0.4, -0.2) is 9.97 Å². The highest BCUT2D eigenvalue weighted by Crippen LogP contribution is 2.17. The van der Waals surface area contributed by atoms with E-state index in [0.717, 1.165) is 17.0 Å². The second kappa shape index (κ2) is 5.85. The van der Waals surface area contributed by atoms with E-state index in [-0.39, 0.29) is 0 Å². The van der Waals surface area contributed by atoms with Crippen LogP contribution in [0.2, 0.25) is 0 Å². The normalized spacial score (nSPS) is 9.19. The molecule has 0 aliphatic carbocycles. The molecule has 3 nitrogen and oxygen atoms in total. The van der Waals surface area contributed by atoms with E-state index in [1.54, 1.807) is 0 Å². The van der Waals surface area contributed by atoms with E-state index in [1.165, 1.54) is 0 Å². The van der Waals surface area contributed by atoms with E-state index in [1.807, 2.05) is 57.2 Å². The number of aromatic nitrogens is 2. The maximum Gasteiger partial charge on any atom is 0.220 e. The molecule has 0 radical (unpaired) electrons. The van der Waals surface area contributed by atoms with Crippen molar-refractivity contribution in [3.63, 3.8) is 0 Å². The Hall–Kier alpha value is -1.90. The first kappa shape index (κ1) is 12.2. The number of rotatable bonds is 1. The average Bonchev–Trinajstić information content (AvgIpc) is 2.32. The molecular formula is C13H17N3. The molecule has 0 saturated heterocycles. The topological polar surface area (TPSA) is 51.8 Å². The molecule has 2 rings (SSSR count). The first-order chi connectivity index (χ1) is 7.75. The summed E-state index contributed by atoms with van der Waals surface area (Å²) in [5.74, 6) is 0.323. The molecule has 16 heavy (non-hydrogen) atoms. The molecule has 0 aliphatic rings. The van der Waals surface area contributed by atoms with Gasteiger partial charge in [-0.05, 0) is 13.0 Å². The van der Waals surface area contributed by atoms with Gasteiger partial charge >= 0.3 is 0 Å². The van der Waals surface area contributed by atoms with Crippen molar-refractivity contribution in [3.05, 3.63) is 42.1 Å². The quantitative estimate of drug-likeness (QED) is 0.795. The highest BCUT2D eigenvalue weighted by Gasteiger charge is 2.00. The zero-order valence-corrected chi connectivity index (χ0v) is 9.94. The van der Waals surface area contributed by atoms with Crippen molar-refractivity contribution >= 4 is 5.95 Å². The van der Waals surface area contributed by atoms with Crippen LogP contribution in [0.5, 0.6) is 0 Å². The van der Waals surface area contributed by atoms with Crippen LogP contribution in [0.4, 0.5) is 5.95 Å². The average molecular weight is 215 g/mol. The van der Waals surface area contributed by atoms with Crippen LogP contribution in [-0.2, 0) is 0 Å². The van der Waals surface area contributed by atoms with Crippen LogP contribution < -0.4 is 5.73 Å². The molecule has 1 aromatic heterocycles. The maximum absolute atomic E-state index is 5.57. The summed E-state index contributed by atoms with van der Waals surface area (Å²) in [5, 5.41) is 0. The molecule has 1 heterocycles. The molecule has 0 spiro atoms. The van der Waals surface area contributed by atoms with E-state index in [2.05, 4.69) is 9.97 Å². The zero-order valence-electron chi connectivity index (χ0n) is 9.94. The first-order valence-electron chi connectivity index (χ1n) is 5.42. The number of nitrogens with zero attached hydrogens (tertiary/aromatic N) is 2. The third kappa shape index (κ3) is 3.05. The molecule has 3 heteroatoms. The van der Waals surface area contributed by atoms with Crippen LogP contribution in [0.25, 0.3) is 11.3 Å². The summed E-state index contributed by atoms with van der Waals surface area (Å²) < 4.78 is 0. The summed E-state index contributed by atoms with van der Waals surface area (Å²) in [4.78, 5) is 8.20. The molecule has 0 saturated carbocycles. The van der Waals surface area contributed by atoms with Gasteiger partial charge in [-0.3, -0.25) is 0 Å². The van der Waals surface area contributed by atoms with Gasteiger partial charge in [-0.2, -0.15) is 0 Å². The zero-order chi connectivity index (χ0) is 12.0. The fourth-order valence-corrected chi connectivity index (χ4v) is 1.35. The molecule has 0 bridgehead atoms. The van der Waals surface area contributed by atoms with Crippen molar-refractivity contribution in [3.8, 4) is 11.3 Å². The van der Waals surface area contributed by atoms with Gasteiger partial charge in [0.2, 0.25) is 5.95 Å². The van der Waals surface area contributed by atoms with Crippen molar-refractivity contribution in [2.45, 2.75) is 20.8 Å². The Bertz CT molecular complexity index is 418. The predicted molar refractivity (Wildman–Crippen MR) is 68.0 cm³/mol. The Balaban J connectivity index is 0.000000606. The molecule has 2 N–H and O–H groups in total. The molecule has 0 atom stereocenters. The van der Waals surface area contributed by atoms with Gasteiger partial charge in [0.25, 0.3) is 0 Å². The third-order valence-corrected chi connectivity index (χ3v) is 1.94. The summed E-state index contributed by atoms with van der Waals surface area (Å²) >= 11 is 0. The lowest BCUT2D eigenvalue weighted by molar-refractivity contribution is 1.12. The second-order valence-corrected chi connectivity index (χ2v) is 3.12. The molecule has 0 unspecified atom stereocenters. The van der Waals surface area contributed by atoms with Crippen LogP contribution in [0.1, 0.15) is 19.5 Å². The van der Waals surface area contributed by atoms with E-state index in [4.69, 9.17) is 5.73 Å². The van der Waals surface area contributed by atoms with Crippen molar-refractivity contribution in [2.24, 2.45) is 0 Å². The Morgan fingerprint density at radius 1 is 1.00 bits per heavy atom. The Morgan fingerprint density at radius 2 is 1.62 bits per heavy atom. The SMILES string of the molecule is CC.Cc1cc(-c2ccccc2)nc(N)n1. The van der Waals surface area contributed by atoms with E-state index < -0.39 is 0 Å². The molecule has 1 aromatic carbocycles. The summed E-state index contributed by atoms with van der Waals surface area (Å²) in [7, 11) is 0. The lowest BCUT2D eigenvalue weighted by Crippen LogP contribution is -1.97. The predicted octanol–water partition coefficient (Wildman–Crippen LogP) is 3.06. The minimum absolute atomic E-state index is 0.323. The van der Waals surface area contributed by atoms with Crippen molar-refractivity contribution < 1.29 is 0 Å². The molecule has 0 aliphatic heterocycles. The number of hydrogen-bond acceptors (Lipinski definition) is 3. The molecular weight excluding hydrogens is 198 g/mol. The van der Waals surface area contributed by atoms with Crippen molar-refractivity contribution in [2.75, 3.05) is 5.73 Å². The highest BCUT2D eigenvalue weighted by molar-refractivity contribution is 5.60. The standard InChI is InChI=1S/C11H11N3.C2H6/c1-8-7-10(14-11(12)13-8)9-5-3-2-4-6-9;1-2/h2-7H,1H3,(H2,12,13,14);1-2H3. The summed E-state index contributed by atoms with van der Waals surface area (Å²) in [6.45, 7) is 5.91. The summed E-state index contributed by atoms with van der Waals surface area (Å²) in [5.41, 5.74) is 8.39. The smallest absolute Gasteiger partial charge is 0.220 e. The fourth-order valence-electron chi connectivity index (χ4n) is 1.35. The van der Waals surface area contributed by atoms with Crippen molar-refractivity contribution in [1.29, 1.82) is 0 Å². The van der Waals surface area contributed by atoms with Crippen LogP contribution in [0, 0.1) is 6.92 Å². The minimum atomic E-state index is 0.323. The monoisotopic (exact) mass is 215 g/mol. The van der Waals surface area contributed by atoms with Gasteiger partial charge in [-0.1, -0.05) is 44.2 Å².